The van der Waals surface area contributed by atoms with Gasteiger partial charge in [0, 0.05) is 18.8 Å². The molecule has 2 saturated heterocycles. The van der Waals surface area contributed by atoms with Crippen molar-refractivity contribution >= 4 is 0 Å². The number of ether oxygens (including phenoxy) is 1. The minimum Gasteiger partial charge on any atom is -0.381 e. The average molecular weight is 166 g/mol. The Labute approximate surface area is 72.7 Å². The van der Waals surface area contributed by atoms with Crippen molar-refractivity contribution in [3.8, 4) is 6.07 Å². The molecule has 1 N–H and O–H groups in total. The van der Waals surface area contributed by atoms with E-state index in [2.05, 4.69) is 11.4 Å². The zero-order chi connectivity index (χ0) is 8.44. The van der Waals surface area contributed by atoms with Gasteiger partial charge in [0.1, 0.15) is 0 Å². The van der Waals surface area contributed by atoms with E-state index in [-0.39, 0.29) is 11.6 Å². The molecule has 2 aliphatic rings. The first-order valence-corrected chi connectivity index (χ1v) is 4.60. The Hall–Kier alpha value is -0.590. The summed E-state index contributed by atoms with van der Waals surface area (Å²) in [7, 11) is 0. The highest BCUT2D eigenvalue weighted by Gasteiger charge is 2.39. The maximum atomic E-state index is 8.74. The van der Waals surface area contributed by atoms with Gasteiger partial charge >= 0.3 is 0 Å². The summed E-state index contributed by atoms with van der Waals surface area (Å²) in [4.78, 5) is 0. The molecule has 0 aliphatic carbocycles. The lowest BCUT2D eigenvalue weighted by atomic mass is 9.89. The summed E-state index contributed by atoms with van der Waals surface area (Å²) in [6.45, 7) is 1.70. The van der Waals surface area contributed by atoms with E-state index in [1.165, 1.54) is 0 Å². The first-order valence-electron chi connectivity index (χ1n) is 4.60. The van der Waals surface area contributed by atoms with Gasteiger partial charge in [0.05, 0.1) is 12.1 Å². The van der Waals surface area contributed by atoms with Crippen LogP contribution in [0.25, 0.3) is 0 Å². The summed E-state index contributed by atoms with van der Waals surface area (Å²) in [6.07, 6.45) is 4.31. The number of hydrogen-bond donors (Lipinski definition) is 1. The summed E-state index contributed by atoms with van der Waals surface area (Å²) in [5.74, 6) is 0. The van der Waals surface area contributed by atoms with Gasteiger partial charge in [-0.1, -0.05) is 0 Å². The molecule has 2 fully saturated rings. The molecule has 0 bridgehead atoms. The van der Waals surface area contributed by atoms with E-state index in [0.29, 0.717) is 0 Å². The van der Waals surface area contributed by atoms with Crippen molar-refractivity contribution in [2.75, 3.05) is 13.2 Å². The first kappa shape index (κ1) is 8.03. The average Bonchev–Trinajstić information content (AvgIpc) is 2.50. The lowest BCUT2D eigenvalue weighted by Gasteiger charge is -2.33. The molecule has 66 valence electrons. The molecule has 12 heavy (non-hydrogen) atoms. The quantitative estimate of drug-likeness (QED) is 0.579. The third-order valence-electron chi connectivity index (χ3n) is 3.00. The predicted molar refractivity (Wildman–Crippen MR) is 44.6 cm³/mol. The molecule has 0 aromatic carbocycles. The molecule has 0 aromatic heterocycles. The monoisotopic (exact) mass is 166 g/mol. The fourth-order valence-corrected chi connectivity index (χ4v) is 2.19. The minimum atomic E-state index is 0.0862. The van der Waals surface area contributed by atoms with Crippen molar-refractivity contribution in [1.29, 1.82) is 5.26 Å². The summed E-state index contributed by atoms with van der Waals surface area (Å²) in [5, 5.41) is 12.2. The van der Waals surface area contributed by atoms with Crippen molar-refractivity contribution < 1.29 is 4.74 Å². The molecule has 0 radical (unpaired) electrons. The largest absolute Gasteiger partial charge is 0.381 e. The van der Waals surface area contributed by atoms with E-state index in [1.54, 1.807) is 0 Å². The van der Waals surface area contributed by atoms with E-state index in [1.807, 2.05) is 0 Å². The van der Waals surface area contributed by atoms with Crippen LogP contribution >= 0.6 is 0 Å². The normalized spacial score (nSPS) is 33.4. The number of nitrogens with one attached hydrogen (secondary N) is 1. The highest BCUT2D eigenvalue weighted by atomic mass is 16.5. The molecular formula is C9H14N2O. The van der Waals surface area contributed by atoms with Crippen LogP contribution in [0.2, 0.25) is 0 Å². The van der Waals surface area contributed by atoms with Crippen molar-refractivity contribution in [3.63, 3.8) is 0 Å². The van der Waals surface area contributed by atoms with Crippen molar-refractivity contribution in [2.45, 2.75) is 37.3 Å². The number of rotatable bonds is 0. The van der Waals surface area contributed by atoms with Crippen LogP contribution in [0.3, 0.4) is 0 Å². The van der Waals surface area contributed by atoms with E-state index in [0.717, 1.165) is 38.9 Å². The van der Waals surface area contributed by atoms with Gasteiger partial charge in [-0.05, 0) is 25.7 Å². The summed E-state index contributed by atoms with van der Waals surface area (Å²) < 4.78 is 5.30. The fourth-order valence-electron chi connectivity index (χ4n) is 2.19. The van der Waals surface area contributed by atoms with E-state index in [9.17, 15) is 0 Å². The molecule has 1 atom stereocenters. The molecule has 0 saturated carbocycles. The van der Waals surface area contributed by atoms with Crippen LogP contribution in [0.5, 0.6) is 0 Å². The molecule has 3 heteroatoms. The van der Waals surface area contributed by atoms with Crippen LogP contribution in [0, 0.1) is 11.3 Å². The first-order chi connectivity index (χ1) is 5.85. The van der Waals surface area contributed by atoms with E-state index >= 15 is 0 Å². The Morgan fingerprint density at radius 2 is 2.08 bits per heavy atom. The standard InChI is InChI=1S/C9H14N2O/c10-7-8-1-2-9(11-8)3-5-12-6-4-9/h8,11H,1-6H2. The molecule has 0 aromatic rings. The number of nitriles is 1. The van der Waals surface area contributed by atoms with Gasteiger partial charge in [-0.3, -0.25) is 5.32 Å². The smallest absolute Gasteiger partial charge is 0.0957 e. The Balaban J connectivity index is 1.99. The van der Waals surface area contributed by atoms with Crippen LogP contribution in [-0.2, 0) is 4.74 Å². The lowest BCUT2D eigenvalue weighted by molar-refractivity contribution is 0.0449. The molecule has 3 nitrogen and oxygen atoms in total. The van der Waals surface area contributed by atoms with Gasteiger partial charge < -0.3 is 4.74 Å². The SMILES string of the molecule is N#CC1CCC2(CCOCC2)N1. The van der Waals surface area contributed by atoms with Crippen LogP contribution in [0.1, 0.15) is 25.7 Å². The Morgan fingerprint density at radius 3 is 2.67 bits per heavy atom. The van der Waals surface area contributed by atoms with E-state index in [4.69, 9.17) is 10.00 Å². The van der Waals surface area contributed by atoms with Gasteiger partial charge in [-0.2, -0.15) is 5.26 Å². The van der Waals surface area contributed by atoms with Crippen molar-refractivity contribution in [2.24, 2.45) is 0 Å². The van der Waals surface area contributed by atoms with Crippen molar-refractivity contribution in [3.05, 3.63) is 0 Å². The Bertz CT molecular complexity index is 203. The van der Waals surface area contributed by atoms with Crippen LogP contribution in [0.4, 0.5) is 0 Å². The summed E-state index contributed by atoms with van der Waals surface area (Å²) in [6, 6.07) is 2.37. The molecular weight excluding hydrogens is 152 g/mol. The molecule has 0 amide bonds. The van der Waals surface area contributed by atoms with Crippen LogP contribution < -0.4 is 5.32 Å². The fraction of sp³-hybridized carbons (Fsp3) is 0.889. The third kappa shape index (κ3) is 1.33. The van der Waals surface area contributed by atoms with E-state index < -0.39 is 0 Å². The van der Waals surface area contributed by atoms with Gasteiger partial charge in [0.2, 0.25) is 0 Å². The molecule has 1 spiro atoms. The van der Waals surface area contributed by atoms with Crippen molar-refractivity contribution in [1.82, 2.24) is 5.32 Å². The lowest BCUT2D eigenvalue weighted by Crippen LogP contribution is -2.46. The van der Waals surface area contributed by atoms with Gasteiger partial charge in [-0.15, -0.1) is 0 Å². The molecule has 2 aliphatic heterocycles. The van der Waals surface area contributed by atoms with Gasteiger partial charge in [0.15, 0.2) is 0 Å². The van der Waals surface area contributed by atoms with Gasteiger partial charge in [-0.25, -0.2) is 0 Å². The minimum absolute atomic E-state index is 0.0862. The zero-order valence-electron chi connectivity index (χ0n) is 7.18. The Kier molecular flexibility index (Phi) is 2.03. The maximum absolute atomic E-state index is 8.74. The summed E-state index contributed by atoms with van der Waals surface area (Å²) >= 11 is 0. The second-order valence-corrected chi connectivity index (χ2v) is 3.76. The molecule has 1 unspecified atom stereocenters. The predicted octanol–water partition coefficient (Wildman–Crippen LogP) is 0.811. The second-order valence-electron chi connectivity index (χ2n) is 3.76. The Morgan fingerprint density at radius 1 is 1.33 bits per heavy atom. The highest BCUT2D eigenvalue weighted by Crippen LogP contribution is 2.32. The topological polar surface area (TPSA) is 45.0 Å². The summed E-state index contributed by atoms with van der Waals surface area (Å²) in [5.41, 5.74) is 0.249. The van der Waals surface area contributed by atoms with Gasteiger partial charge in [0.25, 0.3) is 0 Å². The second kappa shape index (κ2) is 3.04. The van der Waals surface area contributed by atoms with Crippen LogP contribution in [0.15, 0.2) is 0 Å². The highest BCUT2D eigenvalue weighted by molar-refractivity contribution is 5.06. The number of nitrogens with zero attached hydrogens (tertiary/aromatic N) is 1. The molecule has 2 heterocycles. The number of hydrogen-bond acceptors (Lipinski definition) is 3. The molecule has 2 rings (SSSR count). The maximum Gasteiger partial charge on any atom is 0.0957 e. The zero-order valence-corrected chi connectivity index (χ0v) is 7.18. The van der Waals surface area contributed by atoms with Crippen LogP contribution in [-0.4, -0.2) is 24.8 Å². The third-order valence-corrected chi connectivity index (χ3v) is 3.00.